The number of aryl methyl sites for hydroxylation is 2. The van der Waals surface area contributed by atoms with E-state index < -0.39 is 5.60 Å². The molecule has 0 aliphatic carbocycles. The first-order valence-electron chi connectivity index (χ1n) is 9.31. The average Bonchev–Trinajstić information content (AvgIpc) is 3.07. The zero-order chi connectivity index (χ0) is 19.9. The molecule has 0 saturated heterocycles. The maximum absolute atomic E-state index is 10.7. The second kappa shape index (κ2) is 9.41. The van der Waals surface area contributed by atoms with E-state index in [9.17, 15) is 5.11 Å². The van der Waals surface area contributed by atoms with Gasteiger partial charge in [0, 0.05) is 25.4 Å². The lowest BCUT2D eigenvalue weighted by Crippen LogP contribution is -2.44. The van der Waals surface area contributed by atoms with Crippen LogP contribution in [0.1, 0.15) is 37.5 Å². The molecule has 2 rings (SSSR count). The molecule has 0 radical (unpaired) electrons. The van der Waals surface area contributed by atoms with Crippen LogP contribution >= 0.6 is 0 Å². The number of benzene rings is 1. The van der Waals surface area contributed by atoms with E-state index in [1.165, 1.54) is 0 Å². The zero-order valence-electron chi connectivity index (χ0n) is 16.9. The Kier molecular flexibility index (Phi) is 7.24. The number of hydrogen-bond donors (Lipinski definition) is 3. The van der Waals surface area contributed by atoms with Gasteiger partial charge in [-0.05, 0) is 44.9 Å². The molecule has 0 aliphatic heterocycles. The highest BCUT2D eigenvalue weighted by Crippen LogP contribution is 2.20. The highest BCUT2D eigenvalue weighted by atomic mass is 16.5. The van der Waals surface area contributed by atoms with Crippen LogP contribution in [0.15, 0.2) is 35.6 Å². The minimum atomic E-state index is -1.04. The standard InChI is InChI=1S/C20H31N5O2/c1-6-21-19(23-14-20(4,26)17-12-24-25(5)13-17)22-11-16-8-9-18(27-7-2)15(3)10-16/h8-10,12-13,26H,6-7,11,14H2,1-5H3,(H2,21,22,23). The van der Waals surface area contributed by atoms with Crippen molar-refractivity contribution in [3.63, 3.8) is 0 Å². The van der Waals surface area contributed by atoms with Crippen LogP contribution in [0, 0.1) is 6.92 Å². The molecule has 0 fully saturated rings. The van der Waals surface area contributed by atoms with Gasteiger partial charge in [-0.25, -0.2) is 4.99 Å². The fourth-order valence-corrected chi connectivity index (χ4v) is 2.70. The molecule has 0 spiro atoms. The maximum Gasteiger partial charge on any atom is 0.191 e. The lowest BCUT2D eigenvalue weighted by Gasteiger charge is -2.23. The third-order valence-corrected chi connectivity index (χ3v) is 4.23. The Balaban J connectivity index is 2.02. The number of rotatable bonds is 8. The molecular formula is C20H31N5O2. The summed E-state index contributed by atoms with van der Waals surface area (Å²) in [5, 5.41) is 21.3. The first-order valence-corrected chi connectivity index (χ1v) is 9.31. The molecule has 1 heterocycles. The summed E-state index contributed by atoms with van der Waals surface area (Å²) >= 11 is 0. The van der Waals surface area contributed by atoms with Gasteiger partial charge < -0.3 is 20.5 Å². The second-order valence-corrected chi connectivity index (χ2v) is 6.76. The molecule has 0 bridgehead atoms. The molecule has 2 aromatic rings. The molecular weight excluding hydrogens is 342 g/mol. The Morgan fingerprint density at radius 2 is 2.11 bits per heavy atom. The van der Waals surface area contributed by atoms with Crippen LogP contribution in [0.5, 0.6) is 5.75 Å². The van der Waals surface area contributed by atoms with E-state index in [-0.39, 0.29) is 0 Å². The number of aliphatic imine (C=N–C) groups is 1. The predicted molar refractivity (Wildman–Crippen MR) is 108 cm³/mol. The van der Waals surface area contributed by atoms with E-state index in [4.69, 9.17) is 4.74 Å². The molecule has 0 aliphatic rings. The summed E-state index contributed by atoms with van der Waals surface area (Å²) in [7, 11) is 1.83. The van der Waals surface area contributed by atoms with Gasteiger partial charge in [-0.2, -0.15) is 5.10 Å². The number of nitrogens with one attached hydrogen (secondary N) is 2. The van der Waals surface area contributed by atoms with Crippen molar-refractivity contribution in [3.8, 4) is 5.75 Å². The molecule has 7 heteroatoms. The number of ether oxygens (including phenoxy) is 1. The number of aromatic nitrogens is 2. The van der Waals surface area contributed by atoms with Gasteiger partial charge in [-0.3, -0.25) is 4.68 Å². The van der Waals surface area contributed by atoms with Gasteiger partial charge in [0.2, 0.25) is 0 Å². The molecule has 0 saturated carbocycles. The summed E-state index contributed by atoms with van der Waals surface area (Å²) in [4.78, 5) is 4.62. The topological polar surface area (TPSA) is 83.7 Å². The second-order valence-electron chi connectivity index (χ2n) is 6.76. The zero-order valence-corrected chi connectivity index (χ0v) is 16.9. The summed E-state index contributed by atoms with van der Waals surface area (Å²) in [6.45, 7) is 10.0. The average molecular weight is 374 g/mol. The van der Waals surface area contributed by atoms with Gasteiger partial charge in [0.05, 0.1) is 25.9 Å². The summed E-state index contributed by atoms with van der Waals surface area (Å²) in [5.41, 5.74) is 1.92. The fourth-order valence-electron chi connectivity index (χ4n) is 2.70. The van der Waals surface area contributed by atoms with Crippen molar-refractivity contribution in [2.24, 2.45) is 12.0 Å². The highest BCUT2D eigenvalue weighted by molar-refractivity contribution is 5.79. The maximum atomic E-state index is 10.7. The molecule has 27 heavy (non-hydrogen) atoms. The van der Waals surface area contributed by atoms with Crippen molar-refractivity contribution < 1.29 is 9.84 Å². The van der Waals surface area contributed by atoms with Crippen molar-refractivity contribution in [3.05, 3.63) is 47.3 Å². The third-order valence-electron chi connectivity index (χ3n) is 4.23. The van der Waals surface area contributed by atoms with Crippen LogP contribution < -0.4 is 15.4 Å². The lowest BCUT2D eigenvalue weighted by molar-refractivity contribution is 0.0616. The molecule has 1 unspecified atom stereocenters. The monoisotopic (exact) mass is 373 g/mol. The van der Waals surface area contributed by atoms with Crippen LogP contribution in [-0.4, -0.2) is 40.5 Å². The van der Waals surface area contributed by atoms with Gasteiger partial charge in [-0.1, -0.05) is 12.1 Å². The minimum absolute atomic E-state index is 0.326. The number of nitrogens with zero attached hydrogens (tertiary/aromatic N) is 3. The van der Waals surface area contributed by atoms with Crippen LogP contribution in [0.2, 0.25) is 0 Å². The summed E-state index contributed by atoms with van der Waals surface area (Å²) in [5.74, 6) is 1.57. The predicted octanol–water partition coefficient (Wildman–Crippen LogP) is 2.09. The van der Waals surface area contributed by atoms with E-state index >= 15 is 0 Å². The van der Waals surface area contributed by atoms with Crippen LogP contribution in [-0.2, 0) is 19.2 Å². The molecule has 0 amide bonds. The fraction of sp³-hybridized carbons (Fsp3) is 0.500. The summed E-state index contributed by atoms with van der Waals surface area (Å²) in [6, 6.07) is 6.10. The van der Waals surface area contributed by atoms with E-state index in [0.717, 1.165) is 29.0 Å². The van der Waals surface area contributed by atoms with Crippen LogP contribution in [0.3, 0.4) is 0 Å². The number of hydrogen-bond acceptors (Lipinski definition) is 4. The first-order chi connectivity index (χ1) is 12.9. The minimum Gasteiger partial charge on any atom is -0.494 e. The third kappa shape index (κ3) is 5.99. The molecule has 148 valence electrons. The molecule has 3 N–H and O–H groups in total. The van der Waals surface area contributed by atoms with E-state index in [1.54, 1.807) is 17.8 Å². The van der Waals surface area contributed by atoms with Gasteiger partial charge in [-0.15, -0.1) is 0 Å². The molecule has 1 aromatic carbocycles. The highest BCUT2D eigenvalue weighted by Gasteiger charge is 2.24. The van der Waals surface area contributed by atoms with E-state index in [1.807, 2.05) is 46.1 Å². The van der Waals surface area contributed by atoms with E-state index in [0.29, 0.717) is 25.7 Å². The Morgan fingerprint density at radius 1 is 1.33 bits per heavy atom. The van der Waals surface area contributed by atoms with Gasteiger partial charge in [0.15, 0.2) is 5.96 Å². The van der Waals surface area contributed by atoms with Gasteiger partial charge >= 0.3 is 0 Å². The summed E-state index contributed by atoms with van der Waals surface area (Å²) in [6.07, 6.45) is 3.49. The largest absolute Gasteiger partial charge is 0.494 e. The van der Waals surface area contributed by atoms with E-state index in [2.05, 4.69) is 26.8 Å². The number of aliphatic hydroxyl groups is 1. The van der Waals surface area contributed by atoms with Crippen LogP contribution in [0.25, 0.3) is 0 Å². The molecule has 1 atom stereocenters. The lowest BCUT2D eigenvalue weighted by atomic mass is 10.00. The molecule has 7 nitrogen and oxygen atoms in total. The Labute approximate surface area is 161 Å². The van der Waals surface area contributed by atoms with Crippen molar-refractivity contribution in [2.45, 2.75) is 39.8 Å². The van der Waals surface area contributed by atoms with Crippen molar-refractivity contribution in [1.82, 2.24) is 20.4 Å². The van der Waals surface area contributed by atoms with Gasteiger partial charge in [0.1, 0.15) is 11.4 Å². The van der Waals surface area contributed by atoms with Gasteiger partial charge in [0.25, 0.3) is 0 Å². The normalized spacial score (nSPS) is 13.9. The SMILES string of the molecule is CCNC(=NCc1ccc(OCC)c(C)c1)NCC(C)(O)c1cnn(C)c1. The van der Waals surface area contributed by atoms with Crippen molar-refractivity contribution >= 4 is 5.96 Å². The quantitative estimate of drug-likeness (QED) is 0.487. The van der Waals surface area contributed by atoms with Crippen LogP contribution in [0.4, 0.5) is 0 Å². The summed E-state index contributed by atoms with van der Waals surface area (Å²) < 4.78 is 7.26. The smallest absolute Gasteiger partial charge is 0.191 e. The van der Waals surface area contributed by atoms with Crippen molar-refractivity contribution in [2.75, 3.05) is 19.7 Å². The Bertz CT molecular complexity index is 767. The first kappa shape index (κ1) is 20.8. The Morgan fingerprint density at radius 3 is 2.70 bits per heavy atom. The Hall–Kier alpha value is -2.54. The molecule has 1 aromatic heterocycles. The number of guanidine groups is 1. The van der Waals surface area contributed by atoms with Crippen molar-refractivity contribution in [1.29, 1.82) is 0 Å².